The van der Waals surface area contributed by atoms with Gasteiger partial charge in [0.25, 0.3) is 0 Å². The third-order valence-electron chi connectivity index (χ3n) is 3.23. The summed E-state index contributed by atoms with van der Waals surface area (Å²) in [6.45, 7) is 3.92. The average molecular weight is 300 g/mol. The maximum atomic E-state index is 10.5. The molecule has 22 heavy (non-hydrogen) atoms. The number of rotatable bonds is 6. The molecule has 0 spiro atoms. The topological polar surface area (TPSA) is 64.3 Å². The van der Waals surface area contributed by atoms with E-state index in [0.29, 0.717) is 18.5 Å². The lowest BCUT2D eigenvalue weighted by molar-refractivity contribution is -0.104. The fourth-order valence-corrected chi connectivity index (χ4v) is 2.18. The number of nitrogens with zero attached hydrogens (tertiary/aromatic N) is 2. The van der Waals surface area contributed by atoms with Gasteiger partial charge in [-0.25, -0.2) is 0 Å². The zero-order chi connectivity index (χ0) is 16.2. The second-order valence-electron chi connectivity index (χ2n) is 5.53. The highest BCUT2D eigenvalue weighted by Crippen LogP contribution is 2.23. The highest BCUT2D eigenvalue weighted by atomic mass is 16.5. The van der Waals surface area contributed by atoms with Gasteiger partial charge in [0.15, 0.2) is 0 Å². The van der Waals surface area contributed by atoms with Gasteiger partial charge in [0.2, 0.25) is 0 Å². The van der Waals surface area contributed by atoms with Crippen LogP contribution in [0.1, 0.15) is 30.7 Å². The van der Waals surface area contributed by atoms with Crippen LogP contribution in [0.2, 0.25) is 0 Å². The standard InChI is InChI=1S/C17H20N2O3/c1-17(2,21)16-14(5-4-10-20)12-19(18-16)11-13-6-8-15(22-3)9-7-13/h4-10,12,21H,11H2,1-3H3. The molecule has 0 aliphatic carbocycles. The maximum absolute atomic E-state index is 10.5. The summed E-state index contributed by atoms with van der Waals surface area (Å²) in [6, 6.07) is 7.71. The lowest BCUT2D eigenvalue weighted by Gasteiger charge is -2.15. The Balaban J connectivity index is 2.29. The number of allylic oxidation sites excluding steroid dienone is 1. The highest BCUT2D eigenvalue weighted by Gasteiger charge is 2.23. The molecular formula is C17H20N2O3. The van der Waals surface area contributed by atoms with Crippen LogP contribution in [0, 0.1) is 0 Å². The molecule has 5 heteroatoms. The third kappa shape index (κ3) is 3.83. The monoisotopic (exact) mass is 300 g/mol. The largest absolute Gasteiger partial charge is 0.497 e. The van der Waals surface area contributed by atoms with E-state index in [2.05, 4.69) is 5.10 Å². The van der Waals surface area contributed by atoms with Crippen LogP contribution in [0.15, 0.2) is 36.5 Å². The van der Waals surface area contributed by atoms with Gasteiger partial charge < -0.3 is 9.84 Å². The molecule has 2 aromatic rings. The van der Waals surface area contributed by atoms with Crippen molar-refractivity contribution in [3.8, 4) is 5.75 Å². The quantitative estimate of drug-likeness (QED) is 0.657. The van der Waals surface area contributed by atoms with Crippen LogP contribution in [0.3, 0.4) is 0 Å². The number of aliphatic hydroxyl groups is 1. The summed E-state index contributed by atoms with van der Waals surface area (Å²) in [5.41, 5.74) is 1.26. The first-order valence-electron chi connectivity index (χ1n) is 6.99. The molecule has 1 heterocycles. The van der Waals surface area contributed by atoms with Crippen LogP contribution in [-0.4, -0.2) is 28.3 Å². The first-order chi connectivity index (χ1) is 10.4. The molecule has 0 saturated heterocycles. The van der Waals surface area contributed by atoms with Crippen molar-refractivity contribution in [3.05, 3.63) is 53.4 Å². The minimum absolute atomic E-state index is 0.541. The number of benzene rings is 1. The molecule has 0 saturated carbocycles. The van der Waals surface area contributed by atoms with Gasteiger partial charge in [-0.05, 0) is 43.7 Å². The van der Waals surface area contributed by atoms with Gasteiger partial charge in [-0.15, -0.1) is 0 Å². The van der Waals surface area contributed by atoms with E-state index in [1.807, 2.05) is 30.5 Å². The maximum Gasteiger partial charge on any atom is 0.142 e. The van der Waals surface area contributed by atoms with Crippen LogP contribution >= 0.6 is 0 Å². The predicted molar refractivity (Wildman–Crippen MR) is 84.7 cm³/mol. The van der Waals surface area contributed by atoms with Crippen LogP contribution in [0.25, 0.3) is 6.08 Å². The number of hydrogen-bond acceptors (Lipinski definition) is 4. The smallest absolute Gasteiger partial charge is 0.142 e. The lowest BCUT2D eigenvalue weighted by atomic mass is 10.0. The number of ether oxygens (including phenoxy) is 1. The molecule has 116 valence electrons. The number of methoxy groups -OCH3 is 1. The average Bonchev–Trinajstić information content (AvgIpc) is 2.89. The summed E-state index contributed by atoms with van der Waals surface area (Å²) >= 11 is 0. The Bertz CT molecular complexity index is 664. The first-order valence-corrected chi connectivity index (χ1v) is 6.99. The molecule has 0 unspecified atom stereocenters. The Kier molecular flexibility index (Phi) is 4.78. The van der Waals surface area contributed by atoms with Crippen molar-refractivity contribution in [2.75, 3.05) is 7.11 Å². The molecule has 0 fully saturated rings. The van der Waals surface area contributed by atoms with Gasteiger partial charge in [-0.2, -0.15) is 5.10 Å². The van der Waals surface area contributed by atoms with Gasteiger partial charge in [0.1, 0.15) is 23.3 Å². The van der Waals surface area contributed by atoms with Crippen LogP contribution < -0.4 is 4.74 Å². The first kappa shape index (κ1) is 16.0. The summed E-state index contributed by atoms with van der Waals surface area (Å²) in [4.78, 5) is 10.5. The molecule has 0 radical (unpaired) electrons. The van der Waals surface area contributed by atoms with E-state index < -0.39 is 5.60 Å². The Morgan fingerprint density at radius 2 is 2.00 bits per heavy atom. The number of aromatic nitrogens is 2. The van der Waals surface area contributed by atoms with E-state index in [4.69, 9.17) is 4.74 Å². The molecular weight excluding hydrogens is 280 g/mol. The molecule has 0 aliphatic heterocycles. The van der Waals surface area contributed by atoms with Crippen molar-refractivity contribution in [2.24, 2.45) is 0 Å². The van der Waals surface area contributed by atoms with Crippen LogP contribution in [0.4, 0.5) is 0 Å². The number of aldehydes is 1. The van der Waals surface area contributed by atoms with Crippen molar-refractivity contribution in [1.29, 1.82) is 0 Å². The molecule has 1 N–H and O–H groups in total. The molecule has 1 aromatic heterocycles. The van der Waals surface area contributed by atoms with Crippen molar-refractivity contribution in [2.45, 2.75) is 26.0 Å². The zero-order valence-electron chi connectivity index (χ0n) is 13.0. The van der Waals surface area contributed by atoms with E-state index in [9.17, 15) is 9.90 Å². The lowest BCUT2D eigenvalue weighted by Crippen LogP contribution is -2.18. The highest BCUT2D eigenvalue weighted by molar-refractivity contribution is 5.74. The molecule has 0 aliphatic rings. The van der Waals surface area contributed by atoms with Gasteiger partial charge in [0, 0.05) is 11.8 Å². The zero-order valence-corrected chi connectivity index (χ0v) is 13.0. The van der Waals surface area contributed by atoms with Gasteiger partial charge in [-0.3, -0.25) is 9.48 Å². The minimum atomic E-state index is -1.08. The van der Waals surface area contributed by atoms with Gasteiger partial charge in [0.05, 0.1) is 13.7 Å². The molecule has 0 amide bonds. The minimum Gasteiger partial charge on any atom is -0.497 e. The van der Waals surface area contributed by atoms with Crippen molar-refractivity contribution < 1.29 is 14.6 Å². The summed E-state index contributed by atoms with van der Waals surface area (Å²) in [7, 11) is 1.63. The SMILES string of the molecule is COc1ccc(Cn2cc(C=CC=O)c(C(C)(C)O)n2)cc1. The summed E-state index contributed by atoms with van der Waals surface area (Å²) in [5, 5.41) is 14.6. The van der Waals surface area contributed by atoms with E-state index in [0.717, 1.165) is 16.9 Å². The second kappa shape index (κ2) is 6.58. The van der Waals surface area contributed by atoms with Crippen LogP contribution in [0.5, 0.6) is 5.75 Å². The number of hydrogen-bond donors (Lipinski definition) is 1. The van der Waals surface area contributed by atoms with E-state index >= 15 is 0 Å². The Labute approximate surface area is 129 Å². The van der Waals surface area contributed by atoms with E-state index in [-0.39, 0.29) is 0 Å². The fourth-order valence-electron chi connectivity index (χ4n) is 2.18. The van der Waals surface area contributed by atoms with Crippen molar-refractivity contribution in [3.63, 3.8) is 0 Å². The summed E-state index contributed by atoms with van der Waals surface area (Å²) in [6.07, 6.45) is 5.56. The Hall–Kier alpha value is -2.40. The predicted octanol–water partition coefficient (Wildman–Crippen LogP) is 2.38. The molecule has 0 atom stereocenters. The normalized spacial score (nSPS) is 11.8. The summed E-state index contributed by atoms with van der Waals surface area (Å²) in [5.74, 6) is 0.802. The number of carbonyl (C=O) groups is 1. The Morgan fingerprint density at radius 1 is 1.32 bits per heavy atom. The van der Waals surface area contributed by atoms with E-state index in [1.165, 1.54) is 6.08 Å². The van der Waals surface area contributed by atoms with Crippen molar-refractivity contribution in [1.82, 2.24) is 9.78 Å². The van der Waals surface area contributed by atoms with Gasteiger partial charge >= 0.3 is 0 Å². The van der Waals surface area contributed by atoms with E-state index in [1.54, 1.807) is 31.7 Å². The molecule has 1 aromatic carbocycles. The third-order valence-corrected chi connectivity index (χ3v) is 3.23. The Morgan fingerprint density at radius 3 is 2.55 bits per heavy atom. The molecule has 0 bridgehead atoms. The van der Waals surface area contributed by atoms with Crippen molar-refractivity contribution >= 4 is 12.4 Å². The summed E-state index contributed by atoms with van der Waals surface area (Å²) < 4.78 is 6.88. The van der Waals surface area contributed by atoms with Crippen LogP contribution in [-0.2, 0) is 16.9 Å². The molecule has 5 nitrogen and oxygen atoms in total. The number of carbonyl (C=O) groups excluding carboxylic acids is 1. The second-order valence-corrected chi connectivity index (χ2v) is 5.53. The molecule has 2 rings (SSSR count). The van der Waals surface area contributed by atoms with Gasteiger partial charge in [-0.1, -0.05) is 12.1 Å². The fraction of sp³-hybridized carbons (Fsp3) is 0.294.